The lowest BCUT2D eigenvalue weighted by atomic mass is 10.2. The van der Waals surface area contributed by atoms with Gasteiger partial charge in [0.25, 0.3) is 10.0 Å². The first-order valence-electron chi connectivity index (χ1n) is 7.50. The molecule has 0 saturated carbocycles. The molecule has 1 fully saturated rings. The number of amides is 1. The van der Waals surface area contributed by atoms with Gasteiger partial charge in [-0.1, -0.05) is 6.07 Å². The third-order valence-electron chi connectivity index (χ3n) is 3.91. The number of hydrogen-bond donors (Lipinski definition) is 1. The predicted molar refractivity (Wildman–Crippen MR) is 88.8 cm³/mol. The summed E-state index contributed by atoms with van der Waals surface area (Å²) in [5.41, 5.74) is 0.947. The van der Waals surface area contributed by atoms with Gasteiger partial charge in [-0.25, -0.2) is 8.42 Å². The highest BCUT2D eigenvalue weighted by Crippen LogP contribution is 2.22. The van der Waals surface area contributed by atoms with E-state index in [1.54, 1.807) is 28.6 Å². The minimum atomic E-state index is -3.43. The van der Waals surface area contributed by atoms with E-state index in [4.69, 9.17) is 0 Å². The van der Waals surface area contributed by atoms with Crippen LogP contribution in [0.5, 0.6) is 0 Å². The molecule has 1 amide bonds. The van der Waals surface area contributed by atoms with Crippen LogP contribution in [-0.4, -0.2) is 54.7 Å². The Hall–Kier alpha value is -1.64. The first-order chi connectivity index (χ1) is 11.1. The van der Waals surface area contributed by atoms with Crippen molar-refractivity contribution < 1.29 is 13.2 Å². The Morgan fingerprint density at radius 3 is 2.78 bits per heavy atom. The number of thiophene rings is 1. The average Bonchev–Trinajstić information content (AvgIpc) is 3.17. The van der Waals surface area contributed by atoms with Crippen LogP contribution in [0.2, 0.25) is 0 Å². The van der Waals surface area contributed by atoms with Crippen molar-refractivity contribution in [2.24, 2.45) is 0 Å². The molecule has 0 atom stereocenters. The van der Waals surface area contributed by atoms with Crippen molar-refractivity contribution in [3.63, 3.8) is 0 Å². The summed E-state index contributed by atoms with van der Waals surface area (Å²) < 4.78 is 27.0. The van der Waals surface area contributed by atoms with Crippen molar-refractivity contribution in [2.45, 2.75) is 17.1 Å². The van der Waals surface area contributed by atoms with Crippen LogP contribution in [0.1, 0.15) is 12.0 Å². The van der Waals surface area contributed by atoms with Crippen LogP contribution >= 0.6 is 11.3 Å². The molecule has 1 N–H and O–H groups in total. The number of carbonyl (C=O) groups is 1. The zero-order valence-corrected chi connectivity index (χ0v) is 14.3. The molecular formula is C15H19N3O3S2. The monoisotopic (exact) mass is 353 g/mol. The van der Waals surface area contributed by atoms with E-state index in [1.807, 2.05) is 12.3 Å². The van der Waals surface area contributed by atoms with Gasteiger partial charge in [0.05, 0.1) is 6.42 Å². The van der Waals surface area contributed by atoms with E-state index in [0.29, 0.717) is 43.2 Å². The lowest BCUT2D eigenvalue weighted by Gasteiger charge is -2.21. The Balaban J connectivity index is 1.64. The third kappa shape index (κ3) is 3.65. The molecule has 2 aromatic rings. The largest absolute Gasteiger partial charge is 0.367 e. The van der Waals surface area contributed by atoms with Crippen molar-refractivity contribution in [1.82, 2.24) is 14.2 Å². The topological polar surface area (TPSA) is 73.5 Å². The summed E-state index contributed by atoms with van der Waals surface area (Å²) >= 11 is 1.23. The summed E-state index contributed by atoms with van der Waals surface area (Å²) in [6, 6.07) is 5.24. The maximum atomic E-state index is 12.6. The standard InChI is InChI=1S/C15H19N3O3S2/c19-14(11-13-4-5-16-12-13)17-6-2-7-18(9-8-17)23(20,21)15-3-1-10-22-15/h1,3-5,10,12,16H,2,6-9,11H2. The van der Waals surface area contributed by atoms with Crippen LogP contribution in [0.3, 0.4) is 0 Å². The van der Waals surface area contributed by atoms with Crippen molar-refractivity contribution in [3.05, 3.63) is 41.5 Å². The molecule has 1 aliphatic rings. The highest BCUT2D eigenvalue weighted by atomic mass is 32.2. The van der Waals surface area contributed by atoms with Gasteiger partial charge in [-0.2, -0.15) is 4.31 Å². The van der Waals surface area contributed by atoms with Crippen LogP contribution < -0.4 is 0 Å². The van der Waals surface area contributed by atoms with Crippen LogP contribution in [-0.2, 0) is 21.2 Å². The lowest BCUT2D eigenvalue weighted by molar-refractivity contribution is -0.130. The Kier molecular flexibility index (Phi) is 4.84. The molecule has 0 spiro atoms. The fourth-order valence-corrected chi connectivity index (χ4v) is 5.29. The van der Waals surface area contributed by atoms with E-state index in [0.717, 1.165) is 5.56 Å². The number of nitrogens with one attached hydrogen (secondary N) is 1. The first kappa shape index (κ1) is 16.2. The zero-order chi connectivity index (χ0) is 16.3. The molecule has 3 heterocycles. The van der Waals surface area contributed by atoms with Gasteiger partial charge in [0.15, 0.2) is 0 Å². The van der Waals surface area contributed by atoms with Crippen LogP contribution in [0.4, 0.5) is 0 Å². The number of sulfonamides is 1. The van der Waals surface area contributed by atoms with E-state index < -0.39 is 10.0 Å². The van der Waals surface area contributed by atoms with Gasteiger partial charge < -0.3 is 9.88 Å². The fourth-order valence-electron chi connectivity index (χ4n) is 2.68. The van der Waals surface area contributed by atoms with Gasteiger partial charge in [0.1, 0.15) is 4.21 Å². The number of aromatic amines is 1. The molecule has 0 aliphatic carbocycles. The highest BCUT2D eigenvalue weighted by molar-refractivity contribution is 7.91. The number of H-pyrrole nitrogens is 1. The summed E-state index contributed by atoms with van der Waals surface area (Å²) in [5.74, 6) is 0.0416. The first-order valence-corrected chi connectivity index (χ1v) is 9.82. The molecule has 0 radical (unpaired) electrons. The average molecular weight is 353 g/mol. The molecule has 0 bridgehead atoms. The summed E-state index contributed by atoms with van der Waals surface area (Å²) in [6.07, 6.45) is 4.61. The molecule has 3 rings (SSSR count). The van der Waals surface area contributed by atoms with E-state index >= 15 is 0 Å². The molecule has 1 saturated heterocycles. The quantitative estimate of drug-likeness (QED) is 0.906. The predicted octanol–water partition coefficient (Wildman–Crippen LogP) is 1.54. The van der Waals surface area contributed by atoms with E-state index in [-0.39, 0.29) is 5.91 Å². The molecule has 6 nitrogen and oxygen atoms in total. The molecule has 2 aromatic heterocycles. The molecule has 8 heteroatoms. The summed E-state index contributed by atoms with van der Waals surface area (Å²) in [5, 5.41) is 1.76. The molecule has 0 unspecified atom stereocenters. The lowest BCUT2D eigenvalue weighted by Crippen LogP contribution is -2.37. The molecular weight excluding hydrogens is 334 g/mol. The Morgan fingerprint density at radius 2 is 2.09 bits per heavy atom. The number of rotatable bonds is 4. The van der Waals surface area contributed by atoms with Crippen LogP contribution in [0.25, 0.3) is 0 Å². The van der Waals surface area contributed by atoms with E-state index in [2.05, 4.69) is 4.98 Å². The second kappa shape index (κ2) is 6.86. The van der Waals surface area contributed by atoms with Crippen molar-refractivity contribution in [1.29, 1.82) is 0 Å². The number of carbonyl (C=O) groups excluding carboxylic acids is 1. The van der Waals surface area contributed by atoms with Crippen molar-refractivity contribution in [3.8, 4) is 0 Å². The van der Waals surface area contributed by atoms with Gasteiger partial charge in [-0.15, -0.1) is 11.3 Å². The second-order valence-corrected chi connectivity index (χ2v) is 8.58. The summed E-state index contributed by atoms with van der Waals surface area (Å²) in [7, 11) is -3.43. The maximum Gasteiger partial charge on any atom is 0.252 e. The number of hydrogen-bond acceptors (Lipinski definition) is 4. The SMILES string of the molecule is O=C(Cc1cc[nH]c1)N1CCCN(S(=O)(=O)c2cccs2)CC1. The van der Waals surface area contributed by atoms with Crippen LogP contribution in [0, 0.1) is 0 Å². The Labute approximate surface area is 139 Å². The Bertz CT molecular complexity index is 739. The van der Waals surface area contributed by atoms with Crippen molar-refractivity contribution >= 4 is 27.3 Å². The zero-order valence-electron chi connectivity index (χ0n) is 12.6. The highest BCUT2D eigenvalue weighted by Gasteiger charge is 2.28. The van der Waals surface area contributed by atoms with Gasteiger partial charge in [0, 0.05) is 38.6 Å². The fraction of sp³-hybridized carbons (Fsp3) is 0.400. The Morgan fingerprint density at radius 1 is 1.22 bits per heavy atom. The third-order valence-corrected chi connectivity index (χ3v) is 7.19. The van der Waals surface area contributed by atoms with Gasteiger partial charge in [-0.3, -0.25) is 4.79 Å². The smallest absolute Gasteiger partial charge is 0.252 e. The maximum absolute atomic E-state index is 12.6. The molecule has 1 aliphatic heterocycles. The van der Waals surface area contributed by atoms with Crippen LogP contribution in [0.15, 0.2) is 40.2 Å². The summed E-state index contributed by atoms with van der Waals surface area (Å²) in [6.45, 7) is 1.83. The minimum absolute atomic E-state index is 0.0416. The van der Waals surface area contributed by atoms with E-state index in [1.165, 1.54) is 15.6 Å². The van der Waals surface area contributed by atoms with Gasteiger partial charge >= 0.3 is 0 Å². The molecule has 23 heavy (non-hydrogen) atoms. The molecule has 0 aromatic carbocycles. The normalized spacial score (nSPS) is 17.1. The van der Waals surface area contributed by atoms with Gasteiger partial charge in [0.2, 0.25) is 5.91 Å². The second-order valence-electron chi connectivity index (χ2n) is 5.47. The summed E-state index contributed by atoms with van der Waals surface area (Å²) in [4.78, 5) is 17.0. The number of aromatic nitrogens is 1. The van der Waals surface area contributed by atoms with E-state index in [9.17, 15) is 13.2 Å². The molecule has 124 valence electrons. The van der Waals surface area contributed by atoms with Gasteiger partial charge in [-0.05, 0) is 29.5 Å². The minimum Gasteiger partial charge on any atom is -0.367 e. The van der Waals surface area contributed by atoms with Crippen molar-refractivity contribution in [2.75, 3.05) is 26.2 Å². The number of nitrogens with zero attached hydrogens (tertiary/aromatic N) is 2.